The van der Waals surface area contributed by atoms with E-state index in [9.17, 15) is 4.79 Å². The summed E-state index contributed by atoms with van der Waals surface area (Å²) >= 11 is 1.84. The van der Waals surface area contributed by atoms with Crippen LogP contribution in [0.25, 0.3) is 0 Å². The summed E-state index contributed by atoms with van der Waals surface area (Å²) in [5, 5.41) is 6.44. The van der Waals surface area contributed by atoms with Gasteiger partial charge in [0.15, 0.2) is 0 Å². The van der Waals surface area contributed by atoms with Crippen LogP contribution in [0.1, 0.15) is 25.7 Å². The number of amides is 1. The van der Waals surface area contributed by atoms with Gasteiger partial charge in [-0.1, -0.05) is 0 Å². The second-order valence-corrected chi connectivity index (χ2v) is 5.99. The van der Waals surface area contributed by atoms with E-state index in [-0.39, 0.29) is 12.4 Å². The molecule has 0 aromatic carbocycles. The molecule has 0 bridgehead atoms. The lowest BCUT2D eigenvalue weighted by molar-refractivity contribution is -0.123. The highest BCUT2D eigenvalue weighted by Gasteiger charge is 2.57. The fourth-order valence-corrected chi connectivity index (χ4v) is 3.18. The molecule has 2 rings (SSSR count). The Morgan fingerprint density at radius 2 is 2.18 bits per heavy atom. The topological polar surface area (TPSA) is 41.1 Å². The van der Waals surface area contributed by atoms with E-state index in [1.54, 1.807) is 0 Å². The minimum Gasteiger partial charge on any atom is -0.356 e. The number of halogens is 1. The Balaban J connectivity index is 0.00000144. The minimum atomic E-state index is 0. The molecule has 0 aromatic heterocycles. The molecule has 5 heteroatoms. The molecule has 3 nitrogen and oxygen atoms in total. The molecule has 0 radical (unpaired) electrons. The summed E-state index contributed by atoms with van der Waals surface area (Å²) in [4.78, 5) is 11.9. The summed E-state index contributed by atoms with van der Waals surface area (Å²) in [6, 6.07) is 0. The first-order valence-electron chi connectivity index (χ1n) is 6.26. The highest BCUT2D eigenvalue weighted by molar-refractivity contribution is 7.98. The first-order valence-corrected chi connectivity index (χ1v) is 7.65. The van der Waals surface area contributed by atoms with E-state index in [1.807, 2.05) is 11.8 Å². The molecule has 1 unspecified atom stereocenters. The average Bonchev–Trinajstić information content (AvgIpc) is 2.99. The maximum atomic E-state index is 11.9. The lowest BCUT2D eigenvalue weighted by atomic mass is 9.92. The van der Waals surface area contributed by atoms with Crippen LogP contribution >= 0.6 is 24.2 Å². The summed E-state index contributed by atoms with van der Waals surface area (Å²) in [5.74, 6) is 1.77. The maximum Gasteiger partial charge on any atom is 0.223 e. The molecule has 100 valence electrons. The van der Waals surface area contributed by atoms with Gasteiger partial charge in [-0.25, -0.2) is 0 Å². The van der Waals surface area contributed by atoms with Gasteiger partial charge in [0.2, 0.25) is 5.91 Å². The number of thioether (sulfide) groups is 1. The standard InChI is InChI=1S/C12H22N2OS.ClH/c1-16-8-2-5-14-11(15)10-9-12(10)3-6-13-7-4-12;/h10,13H,2-9H2,1H3,(H,14,15);1H. The minimum absolute atomic E-state index is 0. The Morgan fingerprint density at radius 3 is 2.82 bits per heavy atom. The summed E-state index contributed by atoms with van der Waals surface area (Å²) < 4.78 is 0. The van der Waals surface area contributed by atoms with Gasteiger partial charge in [0.05, 0.1) is 0 Å². The van der Waals surface area contributed by atoms with E-state index >= 15 is 0 Å². The Kier molecular flexibility index (Phi) is 6.10. The molecule has 0 aromatic rings. The van der Waals surface area contributed by atoms with Gasteiger partial charge >= 0.3 is 0 Å². The molecular formula is C12H23ClN2OS. The highest BCUT2D eigenvalue weighted by Crippen LogP contribution is 2.58. The van der Waals surface area contributed by atoms with Crippen LogP contribution in [-0.2, 0) is 4.79 Å². The Bertz CT molecular complexity index is 257. The molecule has 2 N–H and O–H groups in total. The number of piperidine rings is 1. The molecule has 1 atom stereocenters. The Hall–Kier alpha value is 0.0700. The SMILES string of the molecule is CSCCCNC(=O)C1CC12CCNCC2.Cl. The summed E-state index contributed by atoms with van der Waals surface area (Å²) in [6.45, 7) is 3.04. The average molecular weight is 279 g/mol. The van der Waals surface area contributed by atoms with E-state index in [2.05, 4.69) is 16.9 Å². The second kappa shape index (κ2) is 6.86. The fraction of sp³-hybridized carbons (Fsp3) is 0.917. The van der Waals surface area contributed by atoms with E-state index in [1.165, 1.54) is 12.8 Å². The zero-order valence-corrected chi connectivity index (χ0v) is 12.1. The van der Waals surface area contributed by atoms with E-state index in [4.69, 9.17) is 0 Å². The van der Waals surface area contributed by atoms with E-state index < -0.39 is 0 Å². The third kappa shape index (κ3) is 3.76. The van der Waals surface area contributed by atoms with Crippen LogP contribution in [0.15, 0.2) is 0 Å². The normalized spacial score (nSPS) is 25.1. The van der Waals surface area contributed by atoms with Crippen LogP contribution in [0.5, 0.6) is 0 Å². The van der Waals surface area contributed by atoms with Gasteiger partial charge < -0.3 is 10.6 Å². The van der Waals surface area contributed by atoms with Crippen molar-refractivity contribution in [2.24, 2.45) is 11.3 Å². The van der Waals surface area contributed by atoms with Crippen LogP contribution in [0.2, 0.25) is 0 Å². The quantitative estimate of drug-likeness (QED) is 0.752. The molecule has 1 saturated heterocycles. The third-order valence-electron chi connectivity index (χ3n) is 3.93. The number of carbonyl (C=O) groups excluding carboxylic acids is 1. The van der Waals surface area contributed by atoms with Crippen LogP contribution in [-0.4, -0.2) is 37.6 Å². The number of hydrogen-bond acceptors (Lipinski definition) is 3. The van der Waals surface area contributed by atoms with Crippen molar-refractivity contribution in [3.8, 4) is 0 Å². The second-order valence-electron chi connectivity index (χ2n) is 5.01. The molecule has 1 heterocycles. The van der Waals surface area contributed by atoms with E-state index in [0.717, 1.165) is 38.2 Å². The number of rotatable bonds is 5. The zero-order chi connectivity index (χ0) is 11.4. The van der Waals surface area contributed by atoms with Crippen LogP contribution in [0.4, 0.5) is 0 Å². The molecule has 1 saturated carbocycles. The predicted molar refractivity (Wildman–Crippen MR) is 75.9 cm³/mol. The molecule has 2 fully saturated rings. The largest absolute Gasteiger partial charge is 0.356 e. The smallest absolute Gasteiger partial charge is 0.223 e. The molecular weight excluding hydrogens is 256 g/mol. The highest BCUT2D eigenvalue weighted by atomic mass is 35.5. The third-order valence-corrected chi connectivity index (χ3v) is 4.63. The number of nitrogens with one attached hydrogen (secondary N) is 2. The van der Waals surface area contributed by atoms with Crippen molar-refractivity contribution in [3.05, 3.63) is 0 Å². The van der Waals surface area contributed by atoms with Crippen LogP contribution in [0.3, 0.4) is 0 Å². The Morgan fingerprint density at radius 1 is 1.47 bits per heavy atom. The van der Waals surface area contributed by atoms with Gasteiger partial charge in [-0.15, -0.1) is 12.4 Å². The number of carbonyl (C=O) groups is 1. The predicted octanol–water partition coefficient (Wildman–Crippen LogP) is 1.67. The van der Waals surface area contributed by atoms with Crippen LogP contribution in [0, 0.1) is 11.3 Å². The van der Waals surface area contributed by atoms with Crippen molar-refractivity contribution in [1.82, 2.24) is 10.6 Å². The summed E-state index contributed by atoms with van der Waals surface area (Å²) in [5.41, 5.74) is 0.384. The van der Waals surface area contributed by atoms with Crippen molar-refractivity contribution in [3.63, 3.8) is 0 Å². The monoisotopic (exact) mass is 278 g/mol. The fourth-order valence-electron chi connectivity index (χ4n) is 2.75. The van der Waals surface area contributed by atoms with E-state index in [0.29, 0.717) is 17.2 Å². The first-order chi connectivity index (χ1) is 7.78. The molecule has 1 spiro atoms. The van der Waals surface area contributed by atoms with Gasteiger partial charge in [-0.2, -0.15) is 11.8 Å². The lowest BCUT2D eigenvalue weighted by Gasteiger charge is -2.23. The zero-order valence-electron chi connectivity index (χ0n) is 10.5. The first kappa shape index (κ1) is 15.1. The number of hydrogen-bond donors (Lipinski definition) is 2. The molecule has 1 amide bonds. The van der Waals surface area contributed by atoms with Crippen LogP contribution < -0.4 is 10.6 Å². The maximum absolute atomic E-state index is 11.9. The lowest BCUT2D eigenvalue weighted by Crippen LogP contribution is -2.34. The molecule has 2 aliphatic rings. The van der Waals surface area contributed by atoms with Gasteiger partial charge in [-0.3, -0.25) is 4.79 Å². The van der Waals surface area contributed by atoms with Crippen molar-refractivity contribution < 1.29 is 4.79 Å². The van der Waals surface area contributed by atoms with Gasteiger partial charge in [0.25, 0.3) is 0 Å². The van der Waals surface area contributed by atoms with Crippen molar-refractivity contribution in [2.45, 2.75) is 25.7 Å². The van der Waals surface area contributed by atoms with Gasteiger partial charge in [0.1, 0.15) is 0 Å². The summed E-state index contributed by atoms with van der Waals surface area (Å²) in [7, 11) is 0. The Labute approximate surface area is 114 Å². The van der Waals surface area contributed by atoms with Crippen molar-refractivity contribution in [2.75, 3.05) is 31.6 Å². The van der Waals surface area contributed by atoms with Gasteiger partial charge in [-0.05, 0) is 56.2 Å². The molecule has 1 aliphatic heterocycles. The van der Waals surface area contributed by atoms with Crippen molar-refractivity contribution in [1.29, 1.82) is 0 Å². The molecule has 17 heavy (non-hydrogen) atoms. The summed E-state index contributed by atoms with van der Waals surface area (Å²) in [6.07, 6.45) is 6.70. The molecule has 1 aliphatic carbocycles. The van der Waals surface area contributed by atoms with Gasteiger partial charge in [0, 0.05) is 12.5 Å². The van der Waals surface area contributed by atoms with Crippen molar-refractivity contribution >= 4 is 30.1 Å².